The highest BCUT2D eigenvalue weighted by Gasteiger charge is 2.19. The second-order valence-electron chi connectivity index (χ2n) is 2.99. The summed E-state index contributed by atoms with van der Waals surface area (Å²) < 4.78 is 20.7. The fourth-order valence-corrected chi connectivity index (χ4v) is 1.10. The molecule has 0 aromatic heterocycles. The highest BCUT2D eigenvalue weighted by Crippen LogP contribution is 2.11. The van der Waals surface area contributed by atoms with Crippen molar-refractivity contribution in [3.63, 3.8) is 0 Å². The average molecular weight is 246 g/mol. The van der Waals surface area contributed by atoms with Crippen LogP contribution in [-0.4, -0.2) is 39.0 Å². The molecular formula is C12H22O5. The van der Waals surface area contributed by atoms with Crippen molar-refractivity contribution in [1.29, 1.82) is 0 Å². The van der Waals surface area contributed by atoms with Crippen LogP contribution >= 0.6 is 0 Å². The van der Waals surface area contributed by atoms with Crippen LogP contribution in [0.15, 0.2) is 11.5 Å². The summed E-state index contributed by atoms with van der Waals surface area (Å²) in [5.74, 6) is -0.264. The van der Waals surface area contributed by atoms with Crippen molar-refractivity contribution >= 4 is 5.97 Å². The summed E-state index contributed by atoms with van der Waals surface area (Å²) in [5, 5.41) is 0. The van der Waals surface area contributed by atoms with Gasteiger partial charge in [-0.05, 0) is 27.7 Å². The number of esters is 1. The van der Waals surface area contributed by atoms with Crippen molar-refractivity contribution < 1.29 is 23.7 Å². The van der Waals surface area contributed by atoms with Gasteiger partial charge in [0.1, 0.15) is 5.57 Å². The van der Waals surface area contributed by atoms with Gasteiger partial charge in [0.2, 0.25) is 0 Å². The highest BCUT2D eigenvalue weighted by atomic mass is 16.7. The van der Waals surface area contributed by atoms with Gasteiger partial charge in [0.25, 0.3) is 5.95 Å². The number of hydrogen-bond acceptors (Lipinski definition) is 5. The lowest BCUT2D eigenvalue weighted by atomic mass is 10.3. The van der Waals surface area contributed by atoms with Crippen LogP contribution in [-0.2, 0) is 23.7 Å². The van der Waals surface area contributed by atoms with Gasteiger partial charge in [0.05, 0.1) is 26.4 Å². The summed E-state index contributed by atoms with van der Waals surface area (Å²) in [4.78, 5) is 11.7. The summed E-state index contributed by atoms with van der Waals surface area (Å²) in [7, 11) is 0. The van der Waals surface area contributed by atoms with E-state index in [0.29, 0.717) is 26.4 Å². The van der Waals surface area contributed by atoms with Crippen LogP contribution in [0.4, 0.5) is 0 Å². The maximum absolute atomic E-state index is 11.7. The van der Waals surface area contributed by atoms with E-state index in [0.717, 1.165) is 0 Å². The Morgan fingerprint density at radius 3 is 1.76 bits per heavy atom. The first-order chi connectivity index (χ1) is 8.21. The van der Waals surface area contributed by atoms with Gasteiger partial charge in [-0.1, -0.05) is 0 Å². The van der Waals surface area contributed by atoms with Crippen molar-refractivity contribution in [1.82, 2.24) is 0 Å². The van der Waals surface area contributed by atoms with E-state index in [4.69, 9.17) is 18.9 Å². The lowest BCUT2D eigenvalue weighted by Crippen LogP contribution is -2.18. The Morgan fingerprint density at radius 1 is 0.824 bits per heavy atom. The van der Waals surface area contributed by atoms with Gasteiger partial charge in [-0.25, -0.2) is 4.79 Å². The zero-order chi connectivity index (χ0) is 13.1. The number of rotatable bonds is 9. The van der Waals surface area contributed by atoms with Crippen molar-refractivity contribution in [3.8, 4) is 0 Å². The molecule has 5 nitrogen and oxygen atoms in total. The van der Waals surface area contributed by atoms with Crippen molar-refractivity contribution in [2.75, 3.05) is 33.0 Å². The second-order valence-corrected chi connectivity index (χ2v) is 2.99. The van der Waals surface area contributed by atoms with Gasteiger partial charge >= 0.3 is 5.97 Å². The standard InChI is InChI=1S/C12H22O5/c1-5-14-9-10(11(13)15-6-2)12(16-7-3)17-8-4/h5-9H2,1-4H3. The zero-order valence-electron chi connectivity index (χ0n) is 11.1. The SMILES string of the molecule is CCOCC(C(=O)OCC)=C(OCC)OCC. The fraction of sp³-hybridized carbons (Fsp3) is 0.750. The third-order valence-electron chi connectivity index (χ3n) is 1.77. The molecule has 0 saturated carbocycles. The molecule has 0 aliphatic carbocycles. The Morgan fingerprint density at radius 2 is 1.35 bits per heavy atom. The maximum atomic E-state index is 11.7. The minimum Gasteiger partial charge on any atom is -0.465 e. The quantitative estimate of drug-likeness (QED) is 0.353. The lowest BCUT2D eigenvalue weighted by Gasteiger charge is -2.14. The van der Waals surface area contributed by atoms with E-state index in [1.54, 1.807) is 6.92 Å². The third kappa shape index (κ3) is 6.16. The molecule has 0 saturated heterocycles. The van der Waals surface area contributed by atoms with Gasteiger partial charge in [0, 0.05) is 6.61 Å². The first kappa shape index (κ1) is 15.8. The molecule has 17 heavy (non-hydrogen) atoms. The molecule has 0 aliphatic rings. The number of carbonyl (C=O) groups is 1. The van der Waals surface area contributed by atoms with Crippen LogP contribution in [0.2, 0.25) is 0 Å². The Labute approximate surface area is 103 Å². The summed E-state index contributed by atoms with van der Waals surface area (Å²) in [6, 6.07) is 0. The molecular weight excluding hydrogens is 224 g/mol. The summed E-state index contributed by atoms with van der Waals surface area (Å²) >= 11 is 0. The third-order valence-corrected chi connectivity index (χ3v) is 1.77. The molecule has 0 N–H and O–H groups in total. The van der Waals surface area contributed by atoms with Crippen molar-refractivity contribution in [2.45, 2.75) is 27.7 Å². The maximum Gasteiger partial charge on any atom is 0.343 e. The van der Waals surface area contributed by atoms with Crippen LogP contribution in [0.5, 0.6) is 0 Å². The Balaban J connectivity index is 4.89. The molecule has 0 heterocycles. The van der Waals surface area contributed by atoms with Crippen LogP contribution < -0.4 is 0 Å². The number of ether oxygens (including phenoxy) is 4. The van der Waals surface area contributed by atoms with E-state index in [-0.39, 0.29) is 18.1 Å². The van der Waals surface area contributed by atoms with Crippen LogP contribution in [0.3, 0.4) is 0 Å². The Hall–Kier alpha value is -1.23. The lowest BCUT2D eigenvalue weighted by molar-refractivity contribution is -0.140. The topological polar surface area (TPSA) is 54.0 Å². The Bertz CT molecular complexity index is 239. The molecule has 0 bridgehead atoms. The monoisotopic (exact) mass is 246 g/mol. The molecule has 0 atom stereocenters. The minimum absolute atomic E-state index is 0.130. The van der Waals surface area contributed by atoms with E-state index in [1.807, 2.05) is 20.8 Å². The zero-order valence-corrected chi connectivity index (χ0v) is 11.1. The molecule has 100 valence electrons. The first-order valence-corrected chi connectivity index (χ1v) is 5.94. The average Bonchev–Trinajstić information content (AvgIpc) is 2.30. The molecule has 0 aromatic carbocycles. The van der Waals surface area contributed by atoms with Gasteiger partial charge in [-0.2, -0.15) is 0 Å². The van der Waals surface area contributed by atoms with E-state index in [9.17, 15) is 4.79 Å². The largest absolute Gasteiger partial charge is 0.465 e. The van der Waals surface area contributed by atoms with E-state index >= 15 is 0 Å². The van der Waals surface area contributed by atoms with Gasteiger partial charge in [-0.3, -0.25) is 0 Å². The molecule has 5 heteroatoms. The van der Waals surface area contributed by atoms with Gasteiger partial charge in [0.15, 0.2) is 0 Å². The molecule has 0 unspecified atom stereocenters. The van der Waals surface area contributed by atoms with E-state index in [2.05, 4.69) is 0 Å². The van der Waals surface area contributed by atoms with Gasteiger partial charge in [-0.15, -0.1) is 0 Å². The minimum atomic E-state index is -0.460. The van der Waals surface area contributed by atoms with Crippen molar-refractivity contribution in [2.24, 2.45) is 0 Å². The van der Waals surface area contributed by atoms with E-state index < -0.39 is 5.97 Å². The van der Waals surface area contributed by atoms with Crippen molar-refractivity contribution in [3.05, 3.63) is 11.5 Å². The van der Waals surface area contributed by atoms with Crippen LogP contribution in [0, 0.1) is 0 Å². The summed E-state index contributed by atoms with van der Waals surface area (Å²) in [6.07, 6.45) is 0. The van der Waals surface area contributed by atoms with E-state index in [1.165, 1.54) is 0 Å². The normalized spacial score (nSPS) is 9.65. The molecule has 0 rings (SSSR count). The smallest absolute Gasteiger partial charge is 0.343 e. The predicted octanol–water partition coefficient (Wildman–Crippen LogP) is 1.87. The highest BCUT2D eigenvalue weighted by molar-refractivity contribution is 5.89. The molecule has 0 fully saturated rings. The predicted molar refractivity (Wildman–Crippen MR) is 63.4 cm³/mol. The summed E-state index contributed by atoms with van der Waals surface area (Å²) in [5.41, 5.74) is 0.289. The molecule has 0 radical (unpaired) electrons. The van der Waals surface area contributed by atoms with Crippen LogP contribution in [0.25, 0.3) is 0 Å². The first-order valence-electron chi connectivity index (χ1n) is 5.94. The molecule has 0 spiro atoms. The molecule has 0 aromatic rings. The second kappa shape index (κ2) is 9.96. The molecule has 0 amide bonds. The number of carbonyl (C=O) groups excluding carboxylic acids is 1. The number of hydrogen-bond donors (Lipinski definition) is 0. The van der Waals surface area contributed by atoms with Gasteiger partial charge < -0.3 is 18.9 Å². The van der Waals surface area contributed by atoms with Crippen LogP contribution in [0.1, 0.15) is 27.7 Å². The summed E-state index contributed by atoms with van der Waals surface area (Å²) in [6.45, 7) is 9.03. The fourth-order valence-electron chi connectivity index (χ4n) is 1.10. The Kier molecular flexibility index (Phi) is 9.24. The molecule has 0 aliphatic heterocycles.